The topological polar surface area (TPSA) is 26.3 Å². The molecule has 0 unspecified atom stereocenters. The summed E-state index contributed by atoms with van der Waals surface area (Å²) in [4.78, 5) is 10.7. The summed E-state index contributed by atoms with van der Waals surface area (Å²) < 4.78 is 194. The van der Waals surface area contributed by atoms with Crippen LogP contribution in [0.4, 0.5) is 65.9 Å². The zero-order chi connectivity index (χ0) is 23.2. The molecule has 0 fully saturated rings. The van der Waals surface area contributed by atoms with Crippen molar-refractivity contribution in [3.8, 4) is 0 Å². The van der Waals surface area contributed by atoms with E-state index in [0.29, 0.717) is 0 Å². The molecule has 2 nitrogen and oxygen atoms in total. The minimum absolute atomic E-state index is 0.442. The van der Waals surface area contributed by atoms with Gasteiger partial charge in [-0.05, 0) is 6.42 Å². The summed E-state index contributed by atoms with van der Waals surface area (Å²) in [6.45, 7) is 1.03. The highest BCUT2D eigenvalue weighted by Crippen LogP contribution is 2.62. The van der Waals surface area contributed by atoms with E-state index in [-0.39, 0.29) is 0 Å². The van der Waals surface area contributed by atoms with Crippen LogP contribution in [0.3, 0.4) is 0 Å². The Morgan fingerprint density at radius 3 is 1.25 bits per heavy atom. The smallest absolute Gasteiger partial charge is 0.396 e. The number of hydrogen-bond acceptors (Lipinski definition) is 2. The average molecular weight is 456 g/mol. The van der Waals surface area contributed by atoms with Crippen LogP contribution in [0, 0.1) is 0 Å². The molecule has 0 aromatic carbocycles. The molecule has 0 aliphatic rings. The number of hydrogen-bond donors (Lipinski definition) is 0. The second-order valence-electron chi connectivity index (χ2n) is 5.11. The molecule has 0 atom stereocenters. The standard InChI is InChI=1S/C11H7F15O2/c1-2-3-4(27)28-11(25,26)9(20,21)7(16,17)5(12,13)6(14,15)8(18,19)10(22,23)24/h2-3H2,1H3. The highest BCUT2D eigenvalue weighted by Gasteiger charge is 2.94. The Morgan fingerprint density at radius 1 is 0.607 bits per heavy atom. The summed E-state index contributed by atoms with van der Waals surface area (Å²) in [5.74, 6) is -43.3. The van der Waals surface area contributed by atoms with Crippen molar-refractivity contribution in [3.63, 3.8) is 0 Å². The van der Waals surface area contributed by atoms with E-state index in [4.69, 9.17) is 0 Å². The predicted octanol–water partition coefficient (Wildman–Crippen LogP) is 5.66. The lowest BCUT2D eigenvalue weighted by molar-refractivity contribution is -0.468. The monoisotopic (exact) mass is 456 g/mol. The first-order valence-corrected chi connectivity index (χ1v) is 6.51. The molecule has 0 amide bonds. The quantitative estimate of drug-likeness (QED) is 0.348. The Hall–Kier alpha value is -1.58. The molecule has 168 valence electrons. The number of ether oxygens (including phenoxy) is 1. The van der Waals surface area contributed by atoms with E-state index in [1.807, 2.05) is 0 Å². The molecule has 0 saturated carbocycles. The summed E-state index contributed by atoms with van der Waals surface area (Å²) in [5.41, 5.74) is 0. The van der Waals surface area contributed by atoms with Gasteiger partial charge in [-0.25, -0.2) is 0 Å². The fourth-order valence-electron chi connectivity index (χ4n) is 1.41. The second-order valence-corrected chi connectivity index (χ2v) is 5.11. The van der Waals surface area contributed by atoms with E-state index in [9.17, 15) is 70.7 Å². The lowest BCUT2D eigenvalue weighted by Crippen LogP contribution is -2.72. The third-order valence-corrected chi connectivity index (χ3v) is 3.00. The highest BCUT2D eigenvalue weighted by molar-refractivity contribution is 5.69. The molecule has 28 heavy (non-hydrogen) atoms. The first kappa shape index (κ1) is 26.4. The van der Waals surface area contributed by atoms with Crippen LogP contribution in [-0.2, 0) is 9.53 Å². The van der Waals surface area contributed by atoms with E-state index in [2.05, 4.69) is 4.74 Å². The molecule has 0 saturated heterocycles. The van der Waals surface area contributed by atoms with Gasteiger partial charge in [0, 0.05) is 6.42 Å². The number of rotatable bonds is 8. The fraction of sp³-hybridized carbons (Fsp3) is 0.909. The first-order valence-electron chi connectivity index (χ1n) is 6.51. The van der Waals surface area contributed by atoms with E-state index in [1.165, 1.54) is 0 Å². The summed E-state index contributed by atoms with van der Waals surface area (Å²) >= 11 is 0. The minimum Gasteiger partial charge on any atom is -0.396 e. The van der Waals surface area contributed by atoms with Crippen molar-refractivity contribution in [1.82, 2.24) is 0 Å². The maximum Gasteiger partial charge on any atom is 0.473 e. The third-order valence-electron chi connectivity index (χ3n) is 3.00. The van der Waals surface area contributed by atoms with Crippen molar-refractivity contribution in [3.05, 3.63) is 0 Å². The van der Waals surface area contributed by atoms with Gasteiger partial charge in [0.25, 0.3) is 0 Å². The van der Waals surface area contributed by atoms with Crippen LogP contribution in [0.5, 0.6) is 0 Å². The van der Waals surface area contributed by atoms with Gasteiger partial charge in [-0.15, -0.1) is 0 Å². The molecular weight excluding hydrogens is 449 g/mol. The number of carbonyl (C=O) groups is 1. The molecule has 0 aliphatic heterocycles. The van der Waals surface area contributed by atoms with Gasteiger partial charge in [0.05, 0.1) is 0 Å². The van der Waals surface area contributed by atoms with Crippen molar-refractivity contribution in [2.24, 2.45) is 0 Å². The molecule has 0 N–H and O–H groups in total. The first-order chi connectivity index (χ1) is 12.0. The lowest BCUT2D eigenvalue weighted by atomic mass is 9.93. The molecule has 0 aromatic heterocycles. The summed E-state index contributed by atoms with van der Waals surface area (Å²) in [5, 5.41) is 0. The van der Waals surface area contributed by atoms with Crippen molar-refractivity contribution in [2.75, 3.05) is 0 Å². The minimum atomic E-state index is -8.40. The van der Waals surface area contributed by atoms with Crippen LogP contribution in [0.1, 0.15) is 19.8 Å². The Labute approximate surface area is 144 Å². The van der Waals surface area contributed by atoms with Gasteiger partial charge in [-0.1, -0.05) is 6.92 Å². The number of carbonyl (C=O) groups excluding carboxylic acids is 1. The normalized spacial score (nSPS) is 15.6. The zero-order valence-electron chi connectivity index (χ0n) is 12.9. The van der Waals surface area contributed by atoms with Crippen molar-refractivity contribution in [2.45, 2.75) is 61.7 Å². The van der Waals surface area contributed by atoms with Gasteiger partial charge in [-0.3, -0.25) is 4.79 Å². The summed E-state index contributed by atoms with van der Waals surface area (Å²) in [6.07, 6.45) is -16.3. The molecular formula is C11H7F15O2. The SMILES string of the molecule is CCCC(=O)OC(F)(F)C(F)(F)C(F)(F)C(F)(F)C(F)(F)C(F)(F)C(F)(F)F. The van der Waals surface area contributed by atoms with Gasteiger partial charge in [0.1, 0.15) is 0 Å². The molecule has 0 spiro atoms. The number of alkyl halides is 15. The molecule has 0 radical (unpaired) electrons. The molecule has 0 bridgehead atoms. The molecule has 0 rings (SSSR count). The van der Waals surface area contributed by atoms with Crippen LogP contribution in [0.15, 0.2) is 0 Å². The van der Waals surface area contributed by atoms with Crippen molar-refractivity contribution < 1.29 is 75.4 Å². The van der Waals surface area contributed by atoms with Crippen LogP contribution < -0.4 is 0 Å². The lowest BCUT2D eigenvalue weighted by Gasteiger charge is -2.40. The Bertz CT molecular complexity index is 577. The molecule has 0 aliphatic carbocycles. The summed E-state index contributed by atoms with van der Waals surface area (Å²) in [7, 11) is 0. The van der Waals surface area contributed by atoms with Crippen LogP contribution in [0.2, 0.25) is 0 Å². The molecule has 0 heterocycles. The second kappa shape index (κ2) is 7.03. The van der Waals surface area contributed by atoms with Gasteiger partial charge in [-0.2, -0.15) is 65.9 Å². The predicted molar refractivity (Wildman–Crippen MR) is 56.7 cm³/mol. The van der Waals surface area contributed by atoms with E-state index in [1.54, 1.807) is 0 Å². The Morgan fingerprint density at radius 2 is 0.929 bits per heavy atom. The van der Waals surface area contributed by atoms with E-state index in [0.717, 1.165) is 6.92 Å². The van der Waals surface area contributed by atoms with Gasteiger partial charge >= 0.3 is 47.9 Å². The fourth-order valence-corrected chi connectivity index (χ4v) is 1.41. The number of halogens is 15. The Kier molecular flexibility index (Phi) is 6.64. The zero-order valence-corrected chi connectivity index (χ0v) is 12.9. The Balaban J connectivity index is 6.35. The molecule has 0 aromatic rings. The van der Waals surface area contributed by atoms with E-state index >= 15 is 0 Å². The highest BCUT2D eigenvalue weighted by atomic mass is 19.4. The van der Waals surface area contributed by atoms with Crippen molar-refractivity contribution >= 4 is 5.97 Å². The summed E-state index contributed by atoms with van der Waals surface area (Å²) in [6, 6.07) is 0. The third kappa shape index (κ3) is 3.67. The van der Waals surface area contributed by atoms with Crippen molar-refractivity contribution in [1.29, 1.82) is 0 Å². The molecule has 17 heteroatoms. The van der Waals surface area contributed by atoms with Crippen LogP contribution in [0.25, 0.3) is 0 Å². The van der Waals surface area contributed by atoms with Gasteiger partial charge < -0.3 is 4.74 Å². The van der Waals surface area contributed by atoms with Gasteiger partial charge in [0.2, 0.25) is 0 Å². The maximum atomic E-state index is 13.2. The van der Waals surface area contributed by atoms with E-state index < -0.39 is 60.7 Å². The largest absolute Gasteiger partial charge is 0.473 e. The average Bonchev–Trinajstić information content (AvgIpc) is 2.44. The maximum absolute atomic E-state index is 13.2. The number of esters is 1. The van der Waals surface area contributed by atoms with Crippen LogP contribution >= 0.6 is 0 Å². The van der Waals surface area contributed by atoms with Crippen LogP contribution in [-0.4, -0.2) is 47.9 Å². The van der Waals surface area contributed by atoms with Gasteiger partial charge in [0.15, 0.2) is 0 Å².